The van der Waals surface area contributed by atoms with E-state index in [0.29, 0.717) is 5.92 Å². The van der Waals surface area contributed by atoms with Crippen LogP contribution in [0.3, 0.4) is 0 Å². The summed E-state index contributed by atoms with van der Waals surface area (Å²) in [5.41, 5.74) is 5.36. The standard InChI is InChI=1S/C12H23NO2/c1-3-9(4-2)12(11(14)15)7-5-10(13)6-8-12/h9-10H,3-8,13H2,1-2H3,(H,14,15). The van der Waals surface area contributed by atoms with E-state index in [1.165, 1.54) is 0 Å². The molecule has 0 aromatic carbocycles. The molecule has 0 unspecified atom stereocenters. The van der Waals surface area contributed by atoms with Gasteiger partial charge in [0, 0.05) is 6.04 Å². The molecular weight excluding hydrogens is 190 g/mol. The van der Waals surface area contributed by atoms with Crippen LogP contribution in [0.1, 0.15) is 52.4 Å². The Labute approximate surface area is 92.0 Å². The molecule has 3 nitrogen and oxygen atoms in total. The highest BCUT2D eigenvalue weighted by molar-refractivity contribution is 5.75. The van der Waals surface area contributed by atoms with Gasteiger partial charge in [-0.3, -0.25) is 4.79 Å². The van der Waals surface area contributed by atoms with E-state index >= 15 is 0 Å². The average molecular weight is 213 g/mol. The zero-order valence-electron chi connectivity index (χ0n) is 9.83. The summed E-state index contributed by atoms with van der Waals surface area (Å²) in [5, 5.41) is 9.47. The second-order valence-electron chi connectivity index (χ2n) is 4.81. The van der Waals surface area contributed by atoms with E-state index < -0.39 is 11.4 Å². The van der Waals surface area contributed by atoms with Crippen molar-refractivity contribution in [1.82, 2.24) is 0 Å². The van der Waals surface area contributed by atoms with Crippen LogP contribution in [0.4, 0.5) is 0 Å². The van der Waals surface area contributed by atoms with Gasteiger partial charge < -0.3 is 10.8 Å². The molecule has 1 fully saturated rings. The van der Waals surface area contributed by atoms with Crippen molar-refractivity contribution in [3.63, 3.8) is 0 Å². The van der Waals surface area contributed by atoms with E-state index in [9.17, 15) is 9.90 Å². The normalized spacial score (nSPS) is 31.9. The van der Waals surface area contributed by atoms with Gasteiger partial charge in [0.05, 0.1) is 5.41 Å². The van der Waals surface area contributed by atoms with Crippen molar-refractivity contribution in [1.29, 1.82) is 0 Å². The lowest BCUT2D eigenvalue weighted by atomic mass is 9.63. The van der Waals surface area contributed by atoms with Gasteiger partial charge in [0.1, 0.15) is 0 Å². The second-order valence-corrected chi connectivity index (χ2v) is 4.81. The van der Waals surface area contributed by atoms with Crippen LogP contribution in [0.15, 0.2) is 0 Å². The molecule has 0 heterocycles. The summed E-state index contributed by atoms with van der Waals surface area (Å²) in [5.74, 6) is -0.300. The average Bonchev–Trinajstić information content (AvgIpc) is 2.22. The number of rotatable bonds is 4. The number of carboxylic acid groups (broad SMARTS) is 1. The summed E-state index contributed by atoms with van der Waals surface area (Å²) in [4.78, 5) is 11.5. The maximum atomic E-state index is 11.5. The third-order valence-corrected chi connectivity index (χ3v) is 4.12. The van der Waals surface area contributed by atoms with Gasteiger partial charge in [-0.25, -0.2) is 0 Å². The topological polar surface area (TPSA) is 63.3 Å². The Morgan fingerprint density at radius 2 is 1.87 bits per heavy atom. The number of carbonyl (C=O) groups is 1. The van der Waals surface area contributed by atoms with Gasteiger partial charge in [-0.15, -0.1) is 0 Å². The monoisotopic (exact) mass is 213 g/mol. The van der Waals surface area contributed by atoms with Crippen molar-refractivity contribution < 1.29 is 9.90 Å². The summed E-state index contributed by atoms with van der Waals surface area (Å²) < 4.78 is 0. The molecule has 1 aliphatic carbocycles. The maximum Gasteiger partial charge on any atom is 0.309 e. The van der Waals surface area contributed by atoms with Crippen LogP contribution in [0.2, 0.25) is 0 Å². The minimum absolute atomic E-state index is 0.215. The van der Waals surface area contributed by atoms with Crippen LogP contribution in [-0.4, -0.2) is 17.1 Å². The highest BCUT2D eigenvalue weighted by atomic mass is 16.4. The lowest BCUT2D eigenvalue weighted by molar-refractivity contribution is -0.156. The van der Waals surface area contributed by atoms with Gasteiger partial charge in [-0.1, -0.05) is 26.7 Å². The molecule has 15 heavy (non-hydrogen) atoms. The Hall–Kier alpha value is -0.570. The third-order valence-electron chi connectivity index (χ3n) is 4.12. The molecule has 3 heteroatoms. The molecule has 88 valence electrons. The fourth-order valence-corrected chi connectivity index (χ4v) is 3.02. The Morgan fingerprint density at radius 1 is 1.40 bits per heavy atom. The molecule has 1 saturated carbocycles. The quantitative estimate of drug-likeness (QED) is 0.753. The van der Waals surface area contributed by atoms with Gasteiger partial charge in [0.2, 0.25) is 0 Å². The predicted molar refractivity (Wildman–Crippen MR) is 60.6 cm³/mol. The molecule has 1 rings (SSSR count). The van der Waals surface area contributed by atoms with Crippen molar-refractivity contribution in [3.8, 4) is 0 Å². The van der Waals surface area contributed by atoms with E-state index in [1.54, 1.807) is 0 Å². The highest BCUT2D eigenvalue weighted by Gasteiger charge is 2.45. The van der Waals surface area contributed by atoms with Gasteiger partial charge in [0.15, 0.2) is 0 Å². The van der Waals surface area contributed by atoms with Gasteiger partial charge in [-0.05, 0) is 31.6 Å². The summed E-state index contributed by atoms with van der Waals surface area (Å²) in [7, 11) is 0. The van der Waals surface area contributed by atoms with Crippen molar-refractivity contribution in [3.05, 3.63) is 0 Å². The molecule has 0 bridgehead atoms. The second kappa shape index (κ2) is 4.97. The van der Waals surface area contributed by atoms with Gasteiger partial charge >= 0.3 is 5.97 Å². The molecule has 3 N–H and O–H groups in total. The molecule has 0 aliphatic heterocycles. The molecule has 0 spiro atoms. The Bertz CT molecular complexity index is 216. The van der Waals surface area contributed by atoms with Crippen LogP contribution in [-0.2, 0) is 4.79 Å². The minimum Gasteiger partial charge on any atom is -0.481 e. The zero-order chi connectivity index (χ0) is 11.5. The molecule has 0 aromatic heterocycles. The largest absolute Gasteiger partial charge is 0.481 e. The maximum absolute atomic E-state index is 11.5. The summed E-state index contributed by atoms with van der Waals surface area (Å²) in [6, 6.07) is 0.215. The first-order valence-electron chi connectivity index (χ1n) is 6.05. The lowest BCUT2D eigenvalue weighted by Crippen LogP contribution is -2.44. The highest BCUT2D eigenvalue weighted by Crippen LogP contribution is 2.45. The lowest BCUT2D eigenvalue weighted by Gasteiger charge is -2.41. The van der Waals surface area contributed by atoms with Crippen LogP contribution in [0.5, 0.6) is 0 Å². The van der Waals surface area contributed by atoms with E-state index in [-0.39, 0.29) is 6.04 Å². The van der Waals surface area contributed by atoms with Crippen molar-refractivity contribution >= 4 is 5.97 Å². The Balaban J connectivity index is 2.83. The molecule has 0 radical (unpaired) electrons. The van der Waals surface area contributed by atoms with Crippen molar-refractivity contribution in [2.45, 2.75) is 58.4 Å². The predicted octanol–water partition coefficient (Wildman–Crippen LogP) is 2.39. The third kappa shape index (κ3) is 2.33. The van der Waals surface area contributed by atoms with E-state index in [2.05, 4.69) is 13.8 Å². The molecular formula is C12H23NO2. The van der Waals surface area contributed by atoms with Crippen LogP contribution in [0.25, 0.3) is 0 Å². The first-order chi connectivity index (χ1) is 7.06. The number of hydrogen-bond donors (Lipinski definition) is 2. The van der Waals surface area contributed by atoms with E-state index in [0.717, 1.165) is 38.5 Å². The van der Waals surface area contributed by atoms with Gasteiger partial charge in [0.25, 0.3) is 0 Å². The first kappa shape index (κ1) is 12.5. The molecule has 0 amide bonds. The number of aliphatic carboxylic acids is 1. The SMILES string of the molecule is CCC(CC)C1(C(=O)O)CCC(N)CC1. The molecule has 0 saturated heterocycles. The van der Waals surface area contributed by atoms with E-state index in [1.807, 2.05) is 0 Å². The fraction of sp³-hybridized carbons (Fsp3) is 0.917. The smallest absolute Gasteiger partial charge is 0.309 e. The number of nitrogens with two attached hydrogens (primary N) is 1. The molecule has 0 atom stereocenters. The Kier molecular flexibility index (Phi) is 4.14. The summed E-state index contributed by atoms with van der Waals surface area (Å²) in [6.45, 7) is 4.18. The van der Waals surface area contributed by atoms with Crippen LogP contribution in [0, 0.1) is 11.3 Å². The van der Waals surface area contributed by atoms with Crippen LogP contribution < -0.4 is 5.73 Å². The molecule has 1 aliphatic rings. The fourth-order valence-electron chi connectivity index (χ4n) is 3.02. The molecule has 0 aromatic rings. The number of carboxylic acids is 1. The zero-order valence-corrected chi connectivity index (χ0v) is 9.83. The van der Waals surface area contributed by atoms with E-state index in [4.69, 9.17) is 5.73 Å². The Morgan fingerprint density at radius 3 is 2.20 bits per heavy atom. The summed E-state index contributed by atoms with van der Waals surface area (Å²) in [6.07, 6.45) is 5.16. The van der Waals surface area contributed by atoms with Crippen LogP contribution >= 0.6 is 0 Å². The minimum atomic E-state index is -0.608. The number of hydrogen-bond acceptors (Lipinski definition) is 2. The first-order valence-corrected chi connectivity index (χ1v) is 6.05. The van der Waals surface area contributed by atoms with Crippen molar-refractivity contribution in [2.24, 2.45) is 17.1 Å². The van der Waals surface area contributed by atoms with Gasteiger partial charge in [-0.2, -0.15) is 0 Å². The van der Waals surface area contributed by atoms with Crippen molar-refractivity contribution in [2.75, 3.05) is 0 Å². The summed E-state index contributed by atoms with van der Waals surface area (Å²) >= 11 is 0.